The zero-order valence-corrected chi connectivity index (χ0v) is 22.2. The Morgan fingerprint density at radius 2 is 1.95 bits per heavy atom. The van der Waals surface area contributed by atoms with E-state index in [4.69, 9.17) is 4.74 Å². The molecule has 4 aromatic rings. The average molecular weight is 503 g/mol. The fourth-order valence-electron chi connectivity index (χ4n) is 4.24. The molecule has 194 valence electrons. The molecule has 0 saturated carbocycles. The van der Waals surface area contributed by atoms with Crippen molar-refractivity contribution in [2.24, 2.45) is 7.05 Å². The number of amides is 1. The number of nitrogens with zero attached hydrogens (tertiary/aromatic N) is 6. The van der Waals surface area contributed by atoms with Gasteiger partial charge in [0.15, 0.2) is 5.69 Å². The van der Waals surface area contributed by atoms with Crippen molar-refractivity contribution >= 4 is 22.5 Å². The highest BCUT2D eigenvalue weighted by Gasteiger charge is 2.21. The highest BCUT2D eigenvalue weighted by Crippen LogP contribution is 2.32. The van der Waals surface area contributed by atoms with Gasteiger partial charge in [0, 0.05) is 50.0 Å². The summed E-state index contributed by atoms with van der Waals surface area (Å²) >= 11 is 0. The van der Waals surface area contributed by atoms with Crippen LogP contribution in [0.2, 0.25) is 0 Å². The van der Waals surface area contributed by atoms with Gasteiger partial charge in [-0.2, -0.15) is 5.10 Å². The van der Waals surface area contributed by atoms with Crippen LogP contribution < -0.4 is 15.4 Å². The quantitative estimate of drug-likeness (QED) is 0.317. The van der Waals surface area contributed by atoms with Crippen molar-refractivity contribution in [2.45, 2.75) is 26.3 Å². The first-order valence-electron chi connectivity index (χ1n) is 12.3. The number of nitrogens with one attached hydrogen (secondary N) is 2. The number of ether oxygens (including phenoxy) is 1. The van der Waals surface area contributed by atoms with Crippen LogP contribution in [0.1, 0.15) is 41.1 Å². The van der Waals surface area contributed by atoms with Crippen molar-refractivity contribution < 1.29 is 9.53 Å². The summed E-state index contributed by atoms with van der Waals surface area (Å²) in [6, 6.07) is 9.58. The van der Waals surface area contributed by atoms with Gasteiger partial charge in [0.25, 0.3) is 5.91 Å². The monoisotopic (exact) mass is 502 g/mol. The van der Waals surface area contributed by atoms with Gasteiger partial charge in [-0.25, -0.2) is 4.98 Å². The van der Waals surface area contributed by atoms with E-state index in [0.29, 0.717) is 23.7 Å². The minimum absolute atomic E-state index is 0.161. The third-order valence-corrected chi connectivity index (χ3v) is 6.09. The summed E-state index contributed by atoms with van der Waals surface area (Å²) in [4.78, 5) is 19.3. The van der Waals surface area contributed by atoms with E-state index in [0.717, 1.165) is 40.7 Å². The van der Waals surface area contributed by atoms with E-state index in [1.807, 2.05) is 71.5 Å². The number of rotatable bonds is 10. The molecule has 10 nitrogen and oxygen atoms in total. The van der Waals surface area contributed by atoms with Gasteiger partial charge in [-0.3, -0.25) is 9.48 Å². The topological polar surface area (TPSA) is 110 Å². The summed E-state index contributed by atoms with van der Waals surface area (Å²) < 4.78 is 7.55. The molecule has 1 amide bonds. The fraction of sp³-hybridized carbons (Fsp3) is 0.370. The highest BCUT2D eigenvalue weighted by molar-refractivity contribution is 6.06. The van der Waals surface area contributed by atoms with Crippen molar-refractivity contribution in [2.75, 3.05) is 39.6 Å². The average Bonchev–Trinajstić information content (AvgIpc) is 3.24. The zero-order chi connectivity index (χ0) is 26.5. The van der Waals surface area contributed by atoms with Crippen LogP contribution in [-0.2, 0) is 7.05 Å². The zero-order valence-electron chi connectivity index (χ0n) is 22.2. The van der Waals surface area contributed by atoms with Crippen LogP contribution in [0.15, 0.2) is 42.7 Å². The first kappa shape index (κ1) is 26.0. The molecule has 0 fully saturated rings. The summed E-state index contributed by atoms with van der Waals surface area (Å²) in [5.41, 5.74) is 5.35. The van der Waals surface area contributed by atoms with Crippen LogP contribution in [0.4, 0.5) is 5.69 Å². The molecule has 1 aromatic carbocycles. The van der Waals surface area contributed by atoms with E-state index < -0.39 is 0 Å². The molecule has 1 atom stereocenters. The number of pyridine rings is 1. The first-order chi connectivity index (χ1) is 17.8. The Balaban J connectivity index is 1.66. The Hall–Kier alpha value is -4.05. The molecule has 0 unspecified atom stereocenters. The minimum Gasteiger partial charge on any atom is -0.478 e. The molecule has 0 aliphatic carbocycles. The highest BCUT2D eigenvalue weighted by atomic mass is 16.5. The van der Waals surface area contributed by atoms with Gasteiger partial charge in [0.05, 0.1) is 29.5 Å². The number of hydrogen-bond donors (Lipinski definition) is 2. The number of fused-ring (bicyclic) bond motifs is 1. The second-order valence-electron chi connectivity index (χ2n) is 9.36. The van der Waals surface area contributed by atoms with Gasteiger partial charge in [0.1, 0.15) is 0 Å². The van der Waals surface area contributed by atoms with E-state index in [9.17, 15) is 4.79 Å². The molecule has 10 heteroatoms. The lowest BCUT2D eigenvalue weighted by Crippen LogP contribution is -2.23. The number of carbonyl (C=O) groups excluding carboxylic acids is 1. The molecule has 0 aliphatic heterocycles. The van der Waals surface area contributed by atoms with Crippen LogP contribution in [0, 0.1) is 6.92 Å². The van der Waals surface area contributed by atoms with Gasteiger partial charge >= 0.3 is 0 Å². The second-order valence-corrected chi connectivity index (χ2v) is 9.36. The van der Waals surface area contributed by atoms with Crippen LogP contribution in [0.25, 0.3) is 22.0 Å². The molecule has 4 rings (SSSR count). The van der Waals surface area contributed by atoms with E-state index in [1.54, 1.807) is 17.9 Å². The Kier molecular flexibility index (Phi) is 7.98. The van der Waals surface area contributed by atoms with Crippen LogP contribution in [0.5, 0.6) is 5.88 Å². The number of carbonyl (C=O) groups is 1. The molecule has 3 heterocycles. The number of aryl methyl sites for hydroxylation is 2. The van der Waals surface area contributed by atoms with Crippen molar-refractivity contribution in [3.05, 3.63) is 59.7 Å². The van der Waals surface area contributed by atoms with Crippen LogP contribution in [0.3, 0.4) is 0 Å². The fourth-order valence-corrected chi connectivity index (χ4v) is 4.24. The number of aromatic nitrogens is 5. The van der Waals surface area contributed by atoms with Crippen molar-refractivity contribution in [3.8, 4) is 17.0 Å². The smallest absolute Gasteiger partial charge is 0.273 e. The summed E-state index contributed by atoms with van der Waals surface area (Å²) in [6.45, 7) is 5.61. The van der Waals surface area contributed by atoms with Crippen molar-refractivity contribution in [1.29, 1.82) is 0 Å². The molecule has 0 saturated heterocycles. The number of anilines is 1. The summed E-state index contributed by atoms with van der Waals surface area (Å²) in [5, 5.41) is 20.1. The lowest BCUT2D eigenvalue weighted by Gasteiger charge is -2.18. The van der Waals surface area contributed by atoms with Gasteiger partial charge in [-0.15, -0.1) is 10.2 Å². The molecule has 0 radical (unpaired) electrons. The Morgan fingerprint density at radius 1 is 1.16 bits per heavy atom. The third-order valence-electron chi connectivity index (χ3n) is 6.09. The Labute approximate surface area is 217 Å². The second kappa shape index (κ2) is 11.3. The molecule has 2 N–H and O–H groups in total. The molecular weight excluding hydrogens is 468 g/mol. The van der Waals surface area contributed by atoms with E-state index in [-0.39, 0.29) is 17.6 Å². The van der Waals surface area contributed by atoms with Crippen LogP contribution >= 0.6 is 0 Å². The van der Waals surface area contributed by atoms with Gasteiger partial charge in [-0.1, -0.05) is 6.07 Å². The summed E-state index contributed by atoms with van der Waals surface area (Å²) in [7, 11) is 7.56. The predicted molar refractivity (Wildman–Crippen MR) is 145 cm³/mol. The maximum absolute atomic E-state index is 12.7. The van der Waals surface area contributed by atoms with Crippen molar-refractivity contribution in [3.63, 3.8) is 0 Å². The standard InChI is InChI=1S/C27H34N8O2/c1-17-16-35(6)33-24(17)18(2)30-25-21-14-19(8-10-22(21)31-32-26(25)27(36)28-3)20-9-11-23(29-15-20)37-13-7-12-34(4)5/h8-11,14-16,18H,7,12-13H2,1-6H3,(H,28,36)(H,30,31)/t18-/m0/s1. The molecule has 37 heavy (non-hydrogen) atoms. The Bertz CT molecular complexity index is 1380. The van der Waals surface area contributed by atoms with Gasteiger partial charge < -0.3 is 20.3 Å². The maximum Gasteiger partial charge on any atom is 0.273 e. The maximum atomic E-state index is 12.7. The lowest BCUT2D eigenvalue weighted by atomic mass is 10.0. The number of hydrogen-bond acceptors (Lipinski definition) is 8. The van der Waals surface area contributed by atoms with Crippen LogP contribution in [-0.4, -0.2) is 70.1 Å². The van der Waals surface area contributed by atoms with Gasteiger partial charge in [-0.05, 0) is 63.7 Å². The normalized spacial score (nSPS) is 12.1. The van der Waals surface area contributed by atoms with Gasteiger partial charge in [0.2, 0.25) is 5.88 Å². The largest absolute Gasteiger partial charge is 0.478 e. The molecule has 0 aliphatic rings. The lowest BCUT2D eigenvalue weighted by molar-refractivity contribution is 0.0958. The van der Waals surface area contributed by atoms with E-state index in [2.05, 4.69) is 35.8 Å². The van der Waals surface area contributed by atoms with Crippen molar-refractivity contribution in [1.82, 2.24) is 35.2 Å². The molecular formula is C27H34N8O2. The minimum atomic E-state index is -0.315. The molecule has 0 spiro atoms. The molecule has 0 bridgehead atoms. The molecule has 3 aromatic heterocycles. The third kappa shape index (κ3) is 6.03. The SMILES string of the molecule is CNC(=O)c1nnc2ccc(-c3ccc(OCCCN(C)C)nc3)cc2c1N[C@@H](C)c1nn(C)cc1C. The van der Waals surface area contributed by atoms with E-state index in [1.165, 1.54) is 0 Å². The first-order valence-corrected chi connectivity index (χ1v) is 12.3. The van der Waals surface area contributed by atoms with E-state index >= 15 is 0 Å². The predicted octanol–water partition coefficient (Wildman–Crippen LogP) is 3.60. The Morgan fingerprint density at radius 3 is 2.59 bits per heavy atom. The number of benzene rings is 1. The summed E-state index contributed by atoms with van der Waals surface area (Å²) in [6.07, 6.45) is 4.70. The summed E-state index contributed by atoms with van der Waals surface area (Å²) in [5.74, 6) is 0.280.